The number of aromatic amines is 1. The minimum Gasteiger partial charge on any atom is -0.480 e. The molecule has 15 heavy (non-hydrogen) atoms. The lowest BCUT2D eigenvalue weighted by Crippen LogP contribution is -2.40. The average molecular weight is 211 g/mol. The molecule has 0 unspecified atom stereocenters. The third-order valence-electron chi connectivity index (χ3n) is 1.92. The van der Waals surface area contributed by atoms with Gasteiger partial charge < -0.3 is 10.0 Å². The van der Waals surface area contributed by atoms with E-state index in [1.165, 1.54) is 17.2 Å². The second kappa shape index (κ2) is 4.59. The van der Waals surface area contributed by atoms with E-state index in [4.69, 9.17) is 5.11 Å². The number of rotatable bonds is 4. The van der Waals surface area contributed by atoms with Gasteiger partial charge in [-0.05, 0) is 19.9 Å². The maximum absolute atomic E-state index is 11.8. The average Bonchev–Trinajstić information content (AvgIpc) is 2.65. The largest absolute Gasteiger partial charge is 0.480 e. The molecule has 0 spiro atoms. The van der Waals surface area contributed by atoms with E-state index in [1.54, 1.807) is 13.8 Å². The van der Waals surface area contributed by atoms with Crippen molar-refractivity contribution in [1.82, 2.24) is 15.1 Å². The molecular formula is C9H13N3O3. The molecule has 0 radical (unpaired) electrons. The Morgan fingerprint density at radius 2 is 2.27 bits per heavy atom. The first-order valence-electron chi connectivity index (χ1n) is 4.54. The number of carbonyl (C=O) groups is 2. The number of carboxylic acids is 1. The molecule has 1 aromatic rings. The number of H-pyrrole nitrogens is 1. The van der Waals surface area contributed by atoms with Crippen LogP contribution in [0.4, 0.5) is 0 Å². The van der Waals surface area contributed by atoms with Gasteiger partial charge in [0.25, 0.3) is 5.91 Å². The monoisotopic (exact) mass is 211 g/mol. The minimum absolute atomic E-state index is 0.170. The van der Waals surface area contributed by atoms with Crippen molar-refractivity contribution in [2.24, 2.45) is 0 Å². The van der Waals surface area contributed by atoms with Crippen LogP contribution < -0.4 is 0 Å². The van der Waals surface area contributed by atoms with Crippen LogP contribution >= 0.6 is 0 Å². The number of carboxylic acid groups (broad SMARTS) is 1. The van der Waals surface area contributed by atoms with Crippen LogP contribution in [-0.2, 0) is 4.79 Å². The highest BCUT2D eigenvalue weighted by atomic mass is 16.4. The third-order valence-corrected chi connectivity index (χ3v) is 1.92. The molecule has 0 saturated carbocycles. The van der Waals surface area contributed by atoms with Crippen molar-refractivity contribution in [3.63, 3.8) is 0 Å². The van der Waals surface area contributed by atoms with Gasteiger partial charge in [-0.3, -0.25) is 14.7 Å². The van der Waals surface area contributed by atoms with Gasteiger partial charge in [-0.25, -0.2) is 0 Å². The predicted octanol–water partition coefficient (Wildman–Crippen LogP) is 0.345. The molecule has 2 N–H and O–H groups in total. The van der Waals surface area contributed by atoms with Crippen molar-refractivity contribution in [2.75, 3.05) is 6.54 Å². The summed E-state index contributed by atoms with van der Waals surface area (Å²) in [5.74, 6) is -1.39. The Hall–Kier alpha value is -1.85. The van der Waals surface area contributed by atoms with E-state index >= 15 is 0 Å². The second-order valence-electron chi connectivity index (χ2n) is 3.39. The van der Waals surface area contributed by atoms with Crippen LogP contribution in [0.15, 0.2) is 12.3 Å². The van der Waals surface area contributed by atoms with Gasteiger partial charge in [0.05, 0.1) is 0 Å². The van der Waals surface area contributed by atoms with Crippen molar-refractivity contribution in [2.45, 2.75) is 19.9 Å². The quantitative estimate of drug-likeness (QED) is 0.752. The Labute approximate surface area is 86.9 Å². The number of amides is 1. The van der Waals surface area contributed by atoms with Crippen LogP contribution in [0.2, 0.25) is 0 Å². The zero-order valence-electron chi connectivity index (χ0n) is 8.60. The molecule has 1 rings (SSSR count). The number of hydrogen-bond donors (Lipinski definition) is 2. The number of hydrogen-bond acceptors (Lipinski definition) is 3. The molecular weight excluding hydrogens is 198 g/mol. The normalized spacial score (nSPS) is 10.3. The third kappa shape index (κ3) is 2.80. The van der Waals surface area contributed by atoms with E-state index in [0.717, 1.165) is 0 Å². The summed E-state index contributed by atoms with van der Waals surface area (Å²) in [6.45, 7) is 3.21. The summed E-state index contributed by atoms with van der Waals surface area (Å²) < 4.78 is 0. The standard InChI is InChI=1S/C9H13N3O3/c1-6(2)12(5-8(13)14)9(15)7-3-4-10-11-7/h3-4,6H,5H2,1-2H3,(H,10,11)(H,13,14). The predicted molar refractivity (Wildman–Crippen MR) is 52.4 cm³/mol. The van der Waals surface area contributed by atoms with E-state index in [1.807, 2.05) is 0 Å². The van der Waals surface area contributed by atoms with Crippen LogP contribution in [0.25, 0.3) is 0 Å². The van der Waals surface area contributed by atoms with Crippen LogP contribution in [0, 0.1) is 0 Å². The highest BCUT2D eigenvalue weighted by molar-refractivity contribution is 5.94. The summed E-state index contributed by atoms with van der Waals surface area (Å²) in [5, 5.41) is 14.8. The fourth-order valence-corrected chi connectivity index (χ4v) is 1.16. The van der Waals surface area contributed by atoms with Crippen LogP contribution in [0.1, 0.15) is 24.3 Å². The minimum atomic E-state index is -1.03. The van der Waals surface area contributed by atoms with Crippen molar-refractivity contribution >= 4 is 11.9 Å². The first-order chi connectivity index (χ1) is 7.02. The molecule has 0 aliphatic rings. The fraction of sp³-hybridized carbons (Fsp3) is 0.444. The lowest BCUT2D eigenvalue weighted by Gasteiger charge is -2.23. The lowest BCUT2D eigenvalue weighted by molar-refractivity contribution is -0.138. The number of carbonyl (C=O) groups excluding carboxylic acids is 1. The molecule has 0 aliphatic heterocycles. The Balaban J connectivity index is 2.81. The van der Waals surface area contributed by atoms with Gasteiger partial charge in [0.15, 0.2) is 0 Å². The number of nitrogens with zero attached hydrogens (tertiary/aromatic N) is 2. The van der Waals surface area contributed by atoms with Gasteiger partial charge in [0, 0.05) is 12.2 Å². The Bertz CT molecular complexity index is 345. The highest BCUT2D eigenvalue weighted by Gasteiger charge is 2.21. The van der Waals surface area contributed by atoms with Crippen molar-refractivity contribution < 1.29 is 14.7 Å². The smallest absolute Gasteiger partial charge is 0.323 e. The fourth-order valence-electron chi connectivity index (χ4n) is 1.16. The summed E-state index contributed by atoms with van der Waals surface area (Å²) in [4.78, 5) is 23.6. The van der Waals surface area contributed by atoms with Crippen LogP contribution in [-0.4, -0.2) is 44.7 Å². The molecule has 82 valence electrons. The number of nitrogens with one attached hydrogen (secondary N) is 1. The van der Waals surface area contributed by atoms with Gasteiger partial charge in [-0.2, -0.15) is 5.10 Å². The molecule has 6 heteroatoms. The van der Waals surface area contributed by atoms with Gasteiger partial charge in [-0.1, -0.05) is 0 Å². The summed E-state index contributed by atoms with van der Waals surface area (Å²) >= 11 is 0. The molecule has 1 amide bonds. The molecule has 1 heterocycles. The zero-order valence-corrected chi connectivity index (χ0v) is 8.60. The van der Waals surface area contributed by atoms with E-state index in [0.29, 0.717) is 5.69 Å². The molecule has 0 aromatic carbocycles. The first kappa shape index (κ1) is 11.2. The molecule has 0 aliphatic carbocycles. The summed E-state index contributed by atoms with van der Waals surface area (Å²) in [6, 6.07) is 1.34. The Morgan fingerprint density at radius 3 is 2.67 bits per heavy atom. The zero-order chi connectivity index (χ0) is 11.4. The summed E-state index contributed by atoms with van der Waals surface area (Å²) in [6.07, 6.45) is 1.45. The molecule has 6 nitrogen and oxygen atoms in total. The van der Waals surface area contributed by atoms with Gasteiger partial charge in [0.1, 0.15) is 12.2 Å². The topological polar surface area (TPSA) is 86.3 Å². The Morgan fingerprint density at radius 1 is 1.60 bits per heavy atom. The first-order valence-corrected chi connectivity index (χ1v) is 4.54. The molecule has 0 atom stereocenters. The Kier molecular flexibility index (Phi) is 3.43. The van der Waals surface area contributed by atoms with Crippen LogP contribution in [0.3, 0.4) is 0 Å². The van der Waals surface area contributed by atoms with Crippen molar-refractivity contribution in [1.29, 1.82) is 0 Å². The maximum Gasteiger partial charge on any atom is 0.323 e. The van der Waals surface area contributed by atoms with Gasteiger partial charge in [-0.15, -0.1) is 0 Å². The number of aromatic nitrogens is 2. The second-order valence-corrected chi connectivity index (χ2v) is 3.39. The van der Waals surface area contributed by atoms with E-state index in [-0.39, 0.29) is 18.5 Å². The number of aliphatic carboxylic acids is 1. The molecule has 0 bridgehead atoms. The van der Waals surface area contributed by atoms with E-state index < -0.39 is 5.97 Å². The van der Waals surface area contributed by atoms with Crippen molar-refractivity contribution in [3.05, 3.63) is 18.0 Å². The van der Waals surface area contributed by atoms with Crippen molar-refractivity contribution in [3.8, 4) is 0 Å². The molecule has 0 saturated heterocycles. The molecule has 1 aromatic heterocycles. The molecule has 0 fully saturated rings. The highest BCUT2D eigenvalue weighted by Crippen LogP contribution is 2.05. The van der Waals surface area contributed by atoms with Crippen LogP contribution in [0.5, 0.6) is 0 Å². The van der Waals surface area contributed by atoms with E-state index in [9.17, 15) is 9.59 Å². The van der Waals surface area contributed by atoms with Gasteiger partial charge in [0.2, 0.25) is 0 Å². The maximum atomic E-state index is 11.8. The summed E-state index contributed by atoms with van der Waals surface area (Å²) in [5.41, 5.74) is 0.296. The lowest BCUT2D eigenvalue weighted by atomic mass is 10.2. The summed E-state index contributed by atoms with van der Waals surface area (Å²) in [7, 11) is 0. The SMILES string of the molecule is CC(C)N(CC(=O)O)C(=O)c1ccn[nH]1. The van der Waals surface area contributed by atoms with Gasteiger partial charge >= 0.3 is 5.97 Å². The van der Waals surface area contributed by atoms with E-state index in [2.05, 4.69) is 10.2 Å².